The van der Waals surface area contributed by atoms with Crippen LogP contribution in [0.4, 0.5) is 5.69 Å². The molecule has 0 spiro atoms. The van der Waals surface area contributed by atoms with Gasteiger partial charge in [0.1, 0.15) is 0 Å². The number of benzene rings is 4. The molecule has 2 N–H and O–H groups in total. The molecule has 6 nitrogen and oxygen atoms in total. The molecule has 0 saturated heterocycles. The van der Waals surface area contributed by atoms with E-state index in [2.05, 4.69) is 61.6 Å². The average molecular weight is 609 g/mol. The molecule has 226 valence electrons. The lowest BCUT2D eigenvalue weighted by molar-refractivity contribution is -0.136. The lowest BCUT2D eigenvalue weighted by atomic mass is 9.77. The highest BCUT2D eigenvalue weighted by molar-refractivity contribution is 6.30. The van der Waals surface area contributed by atoms with Crippen LogP contribution in [0.3, 0.4) is 0 Å². The van der Waals surface area contributed by atoms with E-state index in [1.165, 1.54) is 5.56 Å². The Kier molecular flexibility index (Phi) is 9.81. The highest BCUT2D eigenvalue weighted by Crippen LogP contribution is 2.42. The zero-order chi connectivity index (χ0) is 31.2. The van der Waals surface area contributed by atoms with Crippen molar-refractivity contribution >= 4 is 35.1 Å². The quantitative estimate of drug-likeness (QED) is 0.182. The van der Waals surface area contributed by atoms with Crippen molar-refractivity contribution in [3.05, 3.63) is 124 Å². The molecule has 2 amide bonds. The number of amides is 2. The van der Waals surface area contributed by atoms with Crippen LogP contribution in [-0.2, 0) is 16.0 Å². The molecule has 1 aliphatic heterocycles. The number of hydrogen-bond donors (Lipinski definition) is 2. The van der Waals surface area contributed by atoms with Gasteiger partial charge in [-0.25, -0.2) is 0 Å². The topological polar surface area (TPSA) is 86.7 Å². The number of aliphatic carboxylic acids is 1. The van der Waals surface area contributed by atoms with Crippen LogP contribution < -0.4 is 10.2 Å². The van der Waals surface area contributed by atoms with Gasteiger partial charge in [0.25, 0.3) is 5.91 Å². The number of anilines is 1. The van der Waals surface area contributed by atoms with E-state index in [0.29, 0.717) is 17.1 Å². The van der Waals surface area contributed by atoms with E-state index in [4.69, 9.17) is 16.7 Å². The van der Waals surface area contributed by atoms with Crippen molar-refractivity contribution in [1.29, 1.82) is 0 Å². The van der Waals surface area contributed by atoms with Crippen molar-refractivity contribution in [2.45, 2.75) is 51.4 Å². The molecule has 0 bridgehead atoms. The number of aryl methyl sites for hydroxylation is 1. The minimum absolute atomic E-state index is 0.0445. The molecule has 0 aliphatic carbocycles. The molecule has 2 unspecified atom stereocenters. The molecule has 7 heteroatoms. The van der Waals surface area contributed by atoms with Crippen molar-refractivity contribution in [2.24, 2.45) is 0 Å². The van der Waals surface area contributed by atoms with E-state index in [-0.39, 0.29) is 30.7 Å². The third-order valence-electron chi connectivity index (χ3n) is 8.35. The largest absolute Gasteiger partial charge is 0.481 e. The predicted octanol–water partition coefficient (Wildman–Crippen LogP) is 7.78. The summed E-state index contributed by atoms with van der Waals surface area (Å²) in [7, 11) is 0. The van der Waals surface area contributed by atoms with Crippen molar-refractivity contribution in [2.75, 3.05) is 18.0 Å². The SMILES string of the molecule is CCCC(c1ccc(C(=O)NCCC(=O)O)cc1)C(C(=O)N1CCc2cc(-c3ccc(C)cc3)ccc21)c1ccc(Cl)cc1. The van der Waals surface area contributed by atoms with Gasteiger partial charge in [0.05, 0.1) is 12.3 Å². The first-order chi connectivity index (χ1) is 21.2. The number of nitrogens with one attached hydrogen (secondary N) is 1. The second-order valence-electron chi connectivity index (χ2n) is 11.4. The minimum atomic E-state index is -0.965. The Bertz CT molecular complexity index is 1630. The molecule has 5 rings (SSSR count). The Balaban J connectivity index is 1.45. The molecule has 0 fully saturated rings. The summed E-state index contributed by atoms with van der Waals surface area (Å²) in [5.41, 5.74) is 7.95. The number of nitrogens with zero attached hydrogens (tertiary/aromatic N) is 1. The van der Waals surface area contributed by atoms with E-state index in [1.807, 2.05) is 41.3 Å². The third-order valence-corrected chi connectivity index (χ3v) is 8.60. The first-order valence-electron chi connectivity index (χ1n) is 15.1. The van der Waals surface area contributed by atoms with Crippen LogP contribution in [0, 0.1) is 6.92 Å². The molecule has 4 aromatic rings. The van der Waals surface area contributed by atoms with Crippen LogP contribution in [0.5, 0.6) is 0 Å². The maximum Gasteiger partial charge on any atom is 0.305 e. The number of rotatable bonds is 11. The van der Waals surface area contributed by atoms with E-state index in [9.17, 15) is 14.4 Å². The number of carbonyl (C=O) groups excluding carboxylic acids is 2. The summed E-state index contributed by atoms with van der Waals surface area (Å²) in [6.07, 6.45) is 2.30. The molecule has 1 aliphatic rings. The van der Waals surface area contributed by atoms with Crippen LogP contribution in [0.25, 0.3) is 11.1 Å². The average Bonchev–Trinajstić information content (AvgIpc) is 3.45. The molecule has 44 heavy (non-hydrogen) atoms. The van der Waals surface area contributed by atoms with E-state index in [1.54, 1.807) is 12.1 Å². The number of hydrogen-bond acceptors (Lipinski definition) is 3. The number of carbonyl (C=O) groups is 3. The molecule has 1 heterocycles. The Hall–Kier alpha value is -4.42. The van der Waals surface area contributed by atoms with Gasteiger partial charge >= 0.3 is 5.97 Å². The normalized spacial score (nSPS) is 13.7. The predicted molar refractivity (Wildman–Crippen MR) is 176 cm³/mol. The second-order valence-corrected chi connectivity index (χ2v) is 11.8. The first kappa shape index (κ1) is 31.0. The molecular weight excluding hydrogens is 572 g/mol. The van der Waals surface area contributed by atoms with E-state index in [0.717, 1.165) is 52.8 Å². The molecule has 2 atom stereocenters. The van der Waals surface area contributed by atoms with Gasteiger partial charge < -0.3 is 15.3 Å². The summed E-state index contributed by atoms with van der Waals surface area (Å²) >= 11 is 6.26. The van der Waals surface area contributed by atoms with Gasteiger partial charge in [-0.1, -0.05) is 85.1 Å². The summed E-state index contributed by atoms with van der Waals surface area (Å²) in [4.78, 5) is 39.9. The monoisotopic (exact) mass is 608 g/mol. The second kappa shape index (κ2) is 13.9. The van der Waals surface area contributed by atoms with Gasteiger partial charge in [-0.3, -0.25) is 14.4 Å². The van der Waals surface area contributed by atoms with E-state index >= 15 is 0 Å². The van der Waals surface area contributed by atoms with Crippen molar-refractivity contribution in [3.63, 3.8) is 0 Å². The Morgan fingerprint density at radius 1 is 0.886 bits per heavy atom. The Morgan fingerprint density at radius 2 is 1.55 bits per heavy atom. The van der Waals surface area contributed by atoms with Gasteiger partial charge in [-0.2, -0.15) is 0 Å². The van der Waals surface area contributed by atoms with Crippen LogP contribution in [0.1, 0.15) is 70.6 Å². The summed E-state index contributed by atoms with van der Waals surface area (Å²) in [5, 5.41) is 12.1. The van der Waals surface area contributed by atoms with Gasteiger partial charge in [0.2, 0.25) is 5.91 Å². The first-order valence-corrected chi connectivity index (χ1v) is 15.5. The molecule has 0 saturated carbocycles. The van der Waals surface area contributed by atoms with Crippen molar-refractivity contribution in [1.82, 2.24) is 5.32 Å². The van der Waals surface area contributed by atoms with Crippen LogP contribution in [0.2, 0.25) is 5.02 Å². The van der Waals surface area contributed by atoms with Gasteiger partial charge in [0, 0.05) is 29.4 Å². The number of halogens is 1. The summed E-state index contributed by atoms with van der Waals surface area (Å²) in [5.74, 6) is -1.83. The zero-order valence-electron chi connectivity index (χ0n) is 25.1. The summed E-state index contributed by atoms with van der Waals surface area (Å²) < 4.78 is 0. The minimum Gasteiger partial charge on any atom is -0.481 e. The van der Waals surface area contributed by atoms with E-state index < -0.39 is 11.9 Å². The van der Waals surface area contributed by atoms with Crippen molar-refractivity contribution < 1.29 is 19.5 Å². The third kappa shape index (κ3) is 7.03. The van der Waals surface area contributed by atoms with Crippen LogP contribution in [-0.4, -0.2) is 36.0 Å². The highest BCUT2D eigenvalue weighted by Gasteiger charge is 2.36. The molecular formula is C37H37ClN2O4. The maximum atomic E-state index is 14.6. The fourth-order valence-corrected chi connectivity index (χ4v) is 6.17. The molecule has 4 aromatic carbocycles. The standard InChI is InChI=1S/C37H37ClN2O4/c1-3-4-32(26-9-11-28(12-10-26)36(43)39-21-19-34(41)42)35(27-13-16-31(38)17-14-27)37(44)40-22-20-30-23-29(15-18-33(30)40)25-7-5-24(2)6-8-25/h5-18,23,32,35H,3-4,19-22H2,1-2H3,(H,39,43)(H,41,42). The molecule has 0 radical (unpaired) electrons. The molecule has 0 aromatic heterocycles. The Morgan fingerprint density at radius 3 is 2.20 bits per heavy atom. The van der Waals surface area contributed by atoms with Crippen molar-refractivity contribution in [3.8, 4) is 11.1 Å². The summed E-state index contributed by atoms with van der Waals surface area (Å²) in [6.45, 7) is 4.86. The van der Waals surface area contributed by atoms with Crippen LogP contribution in [0.15, 0.2) is 91.0 Å². The summed E-state index contributed by atoms with van der Waals surface area (Å²) in [6, 6.07) is 29.7. The fourth-order valence-electron chi connectivity index (χ4n) is 6.04. The lowest BCUT2D eigenvalue weighted by Gasteiger charge is -2.31. The van der Waals surface area contributed by atoms with Crippen LogP contribution >= 0.6 is 11.6 Å². The van der Waals surface area contributed by atoms with Gasteiger partial charge in [-0.15, -0.1) is 0 Å². The fraction of sp³-hybridized carbons (Fsp3) is 0.270. The Labute approximate surface area is 263 Å². The lowest BCUT2D eigenvalue weighted by Crippen LogP contribution is -2.36. The highest BCUT2D eigenvalue weighted by atomic mass is 35.5. The zero-order valence-corrected chi connectivity index (χ0v) is 25.8. The smallest absolute Gasteiger partial charge is 0.305 e. The van der Waals surface area contributed by atoms with Gasteiger partial charge in [-0.05, 0) is 89.9 Å². The maximum absolute atomic E-state index is 14.6. The van der Waals surface area contributed by atoms with Gasteiger partial charge in [0.15, 0.2) is 0 Å². The number of carboxylic acid groups (broad SMARTS) is 1. The number of fused-ring (bicyclic) bond motifs is 1. The number of carboxylic acids is 1.